The summed E-state index contributed by atoms with van der Waals surface area (Å²) in [5, 5.41) is 9.86. The van der Waals surface area contributed by atoms with Gasteiger partial charge in [-0.05, 0) is 6.04 Å². The molecule has 0 aromatic rings. The van der Waals surface area contributed by atoms with E-state index in [0.29, 0.717) is 12.5 Å². The molecule has 0 aliphatic carbocycles. The van der Waals surface area contributed by atoms with Crippen molar-refractivity contribution >= 4 is 0 Å². The van der Waals surface area contributed by atoms with Gasteiger partial charge in [-0.3, -0.25) is 10.1 Å². The molecule has 0 N–H and O–H groups in total. The Morgan fingerprint density at radius 3 is 2.38 bits per heavy atom. The second-order valence-corrected chi connectivity index (χ2v) is 1.74. The summed E-state index contributed by atoms with van der Waals surface area (Å²) in [7, 11) is 0. The number of hydrogen-bond donors (Lipinski definition) is 0. The SMILES string of the molecule is CCC[C-](C)[N+](=O)[O-]. The molecule has 0 unspecified atom stereocenters. The van der Waals surface area contributed by atoms with Gasteiger partial charge in [0.05, 0.1) is 0 Å². The van der Waals surface area contributed by atoms with E-state index in [4.69, 9.17) is 0 Å². The fourth-order valence-electron chi connectivity index (χ4n) is 0.453. The van der Waals surface area contributed by atoms with Crippen LogP contribution in [-0.2, 0) is 0 Å². The fraction of sp³-hybridized carbons (Fsp3) is 0.800. The van der Waals surface area contributed by atoms with E-state index >= 15 is 0 Å². The van der Waals surface area contributed by atoms with Gasteiger partial charge in [0.1, 0.15) is 0 Å². The topological polar surface area (TPSA) is 43.1 Å². The summed E-state index contributed by atoms with van der Waals surface area (Å²) in [6, 6.07) is 0.354. The van der Waals surface area contributed by atoms with Crippen molar-refractivity contribution in [2.24, 2.45) is 0 Å². The first kappa shape index (κ1) is 7.27. The van der Waals surface area contributed by atoms with Crippen LogP contribution in [0.3, 0.4) is 0 Å². The molecular formula is C5H10NO2-. The number of rotatable bonds is 3. The minimum atomic E-state index is -0.330. The molecule has 0 aliphatic rings. The highest BCUT2D eigenvalue weighted by Gasteiger charge is 1.92. The standard InChI is InChI=1S/C5H10NO2/c1-3-4-5(2)6(7)8/h3-4H2,1-2H3/q-1. The second kappa shape index (κ2) is 3.29. The molecule has 0 spiro atoms. The molecule has 0 rings (SSSR count). The molecule has 0 heterocycles. The normalized spacial score (nSPS) is 8.75. The number of nitrogens with zero attached hydrogens (tertiary/aromatic N) is 1. The highest BCUT2D eigenvalue weighted by atomic mass is 16.6. The van der Waals surface area contributed by atoms with Crippen LogP contribution in [0.2, 0.25) is 0 Å². The molecule has 0 saturated heterocycles. The van der Waals surface area contributed by atoms with Gasteiger partial charge >= 0.3 is 0 Å². The summed E-state index contributed by atoms with van der Waals surface area (Å²) in [5.41, 5.74) is 0. The van der Waals surface area contributed by atoms with Gasteiger partial charge in [-0.2, -0.15) is 0 Å². The van der Waals surface area contributed by atoms with E-state index < -0.39 is 0 Å². The predicted molar refractivity (Wildman–Crippen MR) is 30.8 cm³/mol. The molecule has 8 heavy (non-hydrogen) atoms. The van der Waals surface area contributed by atoms with Gasteiger partial charge in [-0.1, -0.05) is 13.3 Å². The third-order valence-corrected chi connectivity index (χ3v) is 0.923. The predicted octanol–water partition coefficient (Wildman–Crippen LogP) is 1.62. The maximum absolute atomic E-state index is 9.86. The van der Waals surface area contributed by atoms with Crippen molar-refractivity contribution in [3.8, 4) is 0 Å². The molecule has 0 atom stereocenters. The Morgan fingerprint density at radius 2 is 2.25 bits per heavy atom. The van der Waals surface area contributed by atoms with Crippen LogP contribution in [0.1, 0.15) is 26.7 Å². The maximum Gasteiger partial charge on any atom is -0.0488 e. The molecule has 48 valence electrons. The van der Waals surface area contributed by atoms with Crippen molar-refractivity contribution in [1.29, 1.82) is 0 Å². The molecule has 0 bridgehead atoms. The highest BCUT2D eigenvalue weighted by Crippen LogP contribution is 2.06. The third kappa shape index (κ3) is 2.44. The summed E-state index contributed by atoms with van der Waals surface area (Å²) in [4.78, 5) is 9.53. The van der Waals surface area contributed by atoms with Crippen molar-refractivity contribution in [2.75, 3.05) is 0 Å². The average Bonchev–Trinajstić information content (AvgIpc) is 1.67. The lowest BCUT2D eigenvalue weighted by Crippen LogP contribution is -2.03. The van der Waals surface area contributed by atoms with Gasteiger partial charge in [-0.15, -0.1) is 18.3 Å². The first-order valence-electron chi connectivity index (χ1n) is 2.65. The summed E-state index contributed by atoms with van der Waals surface area (Å²) in [5.74, 6) is 0. The maximum atomic E-state index is 9.86. The largest absolute Gasteiger partial charge is 0.295 e. The van der Waals surface area contributed by atoms with Gasteiger partial charge < -0.3 is 0 Å². The van der Waals surface area contributed by atoms with Gasteiger partial charge in [-0.25, -0.2) is 0 Å². The molecule has 0 aromatic carbocycles. The molecule has 0 radical (unpaired) electrons. The molecule has 3 heteroatoms. The van der Waals surface area contributed by atoms with E-state index in [9.17, 15) is 10.1 Å². The van der Waals surface area contributed by atoms with Crippen LogP contribution in [0.15, 0.2) is 0 Å². The average molecular weight is 116 g/mol. The van der Waals surface area contributed by atoms with Gasteiger partial charge in [0, 0.05) is 0 Å². The number of nitro groups is 1. The van der Waals surface area contributed by atoms with Crippen molar-refractivity contribution in [3.05, 3.63) is 16.2 Å². The van der Waals surface area contributed by atoms with Crippen molar-refractivity contribution < 1.29 is 4.92 Å². The van der Waals surface area contributed by atoms with Crippen LogP contribution in [-0.4, -0.2) is 4.92 Å². The first-order valence-corrected chi connectivity index (χ1v) is 2.65. The molecule has 0 fully saturated rings. The van der Waals surface area contributed by atoms with E-state index in [1.807, 2.05) is 6.92 Å². The van der Waals surface area contributed by atoms with E-state index in [2.05, 4.69) is 0 Å². The molecule has 0 aliphatic heterocycles. The van der Waals surface area contributed by atoms with E-state index in [-0.39, 0.29) is 4.92 Å². The van der Waals surface area contributed by atoms with Crippen LogP contribution in [0, 0.1) is 16.2 Å². The molecule has 0 saturated carbocycles. The first-order chi connectivity index (χ1) is 3.68. The third-order valence-electron chi connectivity index (χ3n) is 0.923. The molecular weight excluding hydrogens is 106 g/mol. The minimum Gasteiger partial charge on any atom is -0.295 e. The lowest BCUT2D eigenvalue weighted by molar-refractivity contribution is -0.465. The zero-order valence-electron chi connectivity index (χ0n) is 5.18. The van der Waals surface area contributed by atoms with Gasteiger partial charge in [0.25, 0.3) is 0 Å². The summed E-state index contributed by atoms with van der Waals surface area (Å²) in [6.07, 6.45) is 1.46. The van der Waals surface area contributed by atoms with Crippen LogP contribution in [0.5, 0.6) is 0 Å². The van der Waals surface area contributed by atoms with E-state index in [0.717, 1.165) is 6.42 Å². The summed E-state index contributed by atoms with van der Waals surface area (Å²) >= 11 is 0. The Morgan fingerprint density at radius 1 is 1.75 bits per heavy atom. The Kier molecular flexibility index (Phi) is 2.99. The van der Waals surface area contributed by atoms with Crippen LogP contribution >= 0.6 is 0 Å². The van der Waals surface area contributed by atoms with Crippen molar-refractivity contribution in [2.45, 2.75) is 26.7 Å². The molecule has 0 aromatic heterocycles. The van der Waals surface area contributed by atoms with E-state index in [1.165, 1.54) is 0 Å². The van der Waals surface area contributed by atoms with Crippen LogP contribution in [0.25, 0.3) is 0 Å². The van der Waals surface area contributed by atoms with Crippen LogP contribution < -0.4 is 0 Å². The number of hydrogen-bond acceptors (Lipinski definition) is 2. The quantitative estimate of drug-likeness (QED) is 0.319. The lowest BCUT2D eigenvalue weighted by atomic mass is 10.2. The second-order valence-electron chi connectivity index (χ2n) is 1.74. The monoisotopic (exact) mass is 116 g/mol. The zero-order valence-corrected chi connectivity index (χ0v) is 5.18. The smallest absolute Gasteiger partial charge is 0.0488 e. The Bertz CT molecular complexity index is 82.5. The van der Waals surface area contributed by atoms with Gasteiger partial charge in [0.2, 0.25) is 0 Å². The minimum absolute atomic E-state index is 0.330. The highest BCUT2D eigenvalue weighted by molar-refractivity contribution is 4.66. The zero-order chi connectivity index (χ0) is 6.57. The summed E-state index contributed by atoms with van der Waals surface area (Å²) in [6.45, 7) is 3.47. The molecule has 0 amide bonds. The Hall–Kier alpha value is -0.730. The van der Waals surface area contributed by atoms with Crippen molar-refractivity contribution in [3.63, 3.8) is 0 Å². The molecule has 3 nitrogen and oxygen atoms in total. The van der Waals surface area contributed by atoms with Crippen molar-refractivity contribution in [1.82, 2.24) is 0 Å². The van der Waals surface area contributed by atoms with Gasteiger partial charge in [0.15, 0.2) is 0 Å². The van der Waals surface area contributed by atoms with E-state index in [1.54, 1.807) is 6.92 Å². The van der Waals surface area contributed by atoms with Crippen LogP contribution in [0.4, 0.5) is 0 Å². The Balaban J connectivity index is 3.32. The fourth-order valence-corrected chi connectivity index (χ4v) is 0.453. The Labute approximate surface area is 48.9 Å². The lowest BCUT2D eigenvalue weighted by Gasteiger charge is -2.12. The summed E-state index contributed by atoms with van der Waals surface area (Å²) < 4.78 is 0.